The molecule has 2 heterocycles. The highest BCUT2D eigenvalue weighted by Gasteiger charge is 2.57. The molecule has 3 atom stereocenters. The largest absolute Gasteiger partial charge is 0.372 e. The van der Waals surface area contributed by atoms with Gasteiger partial charge in [0.15, 0.2) is 0 Å². The van der Waals surface area contributed by atoms with E-state index in [9.17, 15) is 4.79 Å². The van der Waals surface area contributed by atoms with E-state index in [1.807, 2.05) is 11.9 Å². The minimum Gasteiger partial charge on any atom is -0.372 e. The molecule has 4 fully saturated rings. The average molecular weight is 431 g/mol. The van der Waals surface area contributed by atoms with Gasteiger partial charge in [0.05, 0.1) is 4.08 Å². The first-order valence-corrected chi connectivity index (χ1v) is 13.5. The maximum absolute atomic E-state index is 13.2. The third-order valence-electron chi connectivity index (χ3n) is 7.68. The number of carbonyl (C=O) groups is 1. The van der Waals surface area contributed by atoms with Crippen molar-refractivity contribution in [1.82, 2.24) is 4.90 Å². The van der Waals surface area contributed by atoms with Crippen molar-refractivity contribution < 1.29 is 4.79 Å². The van der Waals surface area contributed by atoms with Crippen molar-refractivity contribution in [3.8, 4) is 0 Å². The Hall–Kier alpha value is -0.810. The van der Waals surface area contributed by atoms with Crippen LogP contribution in [0.25, 0.3) is 0 Å². The van der Waals surface area contributed by atoms with E-state index in [4.69, 9.17) is 0 Å². The van der Waals surface area contributed by atoms with E-state index in [1.165, 1.54) is 68.0 Å². The molecular weight excluding hydrogens is 396 g/mol. The molecular formula is C24H34N2OS2. The molecule has 0 aromatic heterocycles. The maximum Gasteiger partial charge on any atom is 0.225 e. The van der Waals surface area contributed by atoms with Gasteiger partial charge in [-0.15, -0.1) is 23.5 Å². The second-order valence-corrected chi connectivity index (χ2v) is 12.5. The van der Waals surface area contributed by atoms with Crippen LogP contribution in [0, 0.1) is 17.8 Å². The Morgan fingerprint density at radius 2 is 1.66 bits per heavy atom. The third kappa shape index (κ3) is 3.82. The quantitative estimate of drug-likeness (QED) is 0.651. The molecule has 0 N–H and O–H groups in total. The highest BCUT2D eigenvalue weighted by atomic mass is 32.2. The van der Waals surface area contributed by atoms with Crippen LogP contribution in [0.4, 0.5) is 5.69 Å². The lowest BCUT2D eigenvalue weighted by atomic mass is 9.79. The van der Waals surface area contributed by atoms with E-state index in [1.54, 1.807) is 0 Å². The predicted octanol–water partition coefficient (Wildman–Crippen LogP) is 5.25. The van der Waals surface area contributed by atoms with Crippen molar-refractivity contribution in [3.63, 3.8) is 0 Å². The number of carbonyl (C=O) groups excluding carboxylic acids is 1. The Morgan fingerprint density at radius 1 is 1.03 bits per heavy atom. The Bertz CT molecular complexity index is 709. The molecule has 1 amide bonds. The number of hydrogen-bond acceptors (Lipinski definition) is 4. The number of hydrogen-bond donors (Lipinski definition) is 0. The van der Waals surface area contributed by atoms with E-state index in [0.717, 1.165) is 31.2 Å². The summed E-state index contributed by atoms with van der Waals surface area (Å²) in [6.45, 7) is 3.10. The molecule has 4 aliphatic rings. The summed E-state index contributed by atoms with van der Waals surface area (Å²) in [5.41, 5.74) is 2.59. The van der Waals surface area contributed by atoms with Gasteiger partial charge >= 0.3 is 0 Å². The second-order valence-electron chi connectivity index (χ2n) is 9.47. The highest BCUT2D eigenvalue weighted by Crippen LogP contribution is 2.65. The summed E-state index contributed by atoms with van der Waals surface area (Å²) in [5, 5.41) is 0. The highest BCUT2D eigenvalue weighted by molar-refractivity contribution is 8.21. The van der Waals surface area contributed by atoms with Crippen molar-refractivity contribution in [3.05, 3.63) is 29.8 Å². The fourth-order valence-corrected chi connectivity index (χ4v) is 10.2. The van der Waals surface area contributed by atoms with Gasteiger partial charge in [-0.25, -0.2) is 0 Å². The van der Waals surface area contributed by atoms with Crippen molar-refractivity contribution >= 4 is 35.1 Å². The zero-order valence-corrected chi connectivity index (χ0v) is 19.3. The minimum atomic E-state index is 0.248. The van der Waals surface area contributed by atoms with Crippen molar-refractivity contribution in [2.75, 3.05) is 36.5 Å². The molecule has 158 valence electrons. The topological polar surface area (TPSA) is 23.6 Å². The molecule has 29 heavy (non-hydrogen) atoms. The molecule has 5 heteroatoms. The van der Waals surface area contributed by atoms with Crippen LogP contribution in [0.15, 0.2) is 24.3 Å². The second kappa shape index (κ2) is 8.37. The summed E-state index contributed by atoms with van der Waals surface area (Å²) >= 11 is 4.43. The van der Waals surface area contributed by atoms with E-state index in [-0.39, 0.29) is 5.92 Å². The molecule has 1 unspecified atom stereocenters. The number of anilines is 1. The summed E-state index contributed by atoms with van der Waals surface area (Å²) in [6, 6.07) is 8.94. The number of thioether (sulfide) groups is 2. The smallest absolute Gasteiger partial charge is 0.225 e. The normalized spacial score (nSPS) is 30.7. The first-order valence-electron chi connectivity index (χ1n) is 11.5. The van der Waals surface area contributed by atoms with Crippen LogP contribution in [0.1, 0.15) is 50.5 Å². The Balaban J connectivity index is 1.19. The van der Waals surface area contributed by atoms with Crippen LogP contribution in [0.5, 0.6) is 0 Å². The standard InChI is InChI=1S/C24H34N2OS2/c1-25(17-18-5-9-22(10-6-18)26-11-3-2-4-12-26)23(27)19-15-20-7-8-21(16-19)24(20)28-13-14-29-24/h5-6,9-10,19-21H,2-4,7-8,11-17H2,1H3/t19?,20-,21+. The lowest BCUT2D eigenvalue weighted by molar-refractivity contribution is -0.136. The van der Waals surface area contributed by atoms with Gasteiger partial charge in [-0.3, -0.25) is 4.79 Å². The van der Waals surface area contributed by atoms with Gasteiger partial charge in [0, 0.05) is 49.8 Å². The molecule has 2 aliphatic carbocycles. The molecule has 2 aliphatic heterocycles. The third-order valence-corrected chi connectivity index (χ3v) is 11.7. The van der Waals surface area contributed by atoms with E-state index in [0.29, 0.717) is 9.99 Å². The van der Waals surface area contributed by atoms with Crippen molar-refractivity contribution in [2.24, 2.45) is 17.8 Å². The van der Waals surface area contributed by atoms with Gasteiger partial charge in [0.1, 0.15) is 0 Å². The van der Waals surface area contributed by atoms with Crippen LogP contribution < -0.4 is 4.90 Å². The molecule has 5 rings (SSSR count). The Kier molecular flexibility index (Phi) is 5.81. The lowest BCUT2D eigenvalue weighted by Crippen LogP contribution is -2.43. The van der Waals surface area contributed by atoms with Crippen LogP contribution in [0.3, 0.4) is 0 Å². The molecule has 0 radical (unpaired) electrons. The predicted molar refractivity (Wildman–Crippen MR) is 126 cm³/mol. The summed E-state index contributed by atoms with van der Waals surface area (Å²) in [5.74, 6) is 4.75. The minimum absolute atomic E-state index is 0.248. The lowest BCUT2D eigenvalue weighted by Gasteiger charge is -2.43. The Labute approximate surface area is 184 Å². The SMILES string of the molecule is CN(Cc1ccc(N2CCCCC2)cc1)C(=O)C1C[C@H]2CC[C@@H](C1)C21SCCS1. The zero-order valence-electron chi connectivity index (χ0n) is 17.6. The Morgan fingerprint density at radius 3 is 2.28 bits per heavy atom. The number of benzene rings is 1. The van der Waals surface area contributed by atoms with Crippen LogP contribution >= 0.6 is 23.5 Å². The number of piperidine rings is 1. The van der Waals surface area contributed by atoms with E-state index >= 15 is 0 Å². The van der Waals surface area contributed by atoms with Gasteiger partial charge in [-0.1, -0.05) is 12.1 Å². The molecule has 1 aromatic rings. The van der Waals surface area contributed by atoms with Crippen LogP contribution in [-0.4, -0.2) is 46.5 Å². The van der Waals surface area contributed by atoms with Crippen molar-refractivity contribution in [1.29, 1.82) is 0 Å². The van der Waals surface area contributed by atoms with E-state index < -0.39 is 0 Å². The number of rotatable bonds is 4. The van der Waals surface area contributed by atoms with Crippen LogP contribution in [-0.2, 0) is 11.3 Å². The first kappa shape index (κ1) is 20.1. The molecule has 2 saturated carbocycles. The summed E-state index contributed by atoms with van der Waals surface area (Å²) < 4.78 is 0.472. The van der Waals surface area contributed by atoms with Gasteiger partial charge in [-0.2, -0.15) is 0 Å². The fourth-order valence-electron chi connectivity index (χ4n) is 6.23. The number of nitrogens with zero attached hydrogens (tertiary/aromatic N) is 2. The van der Waals surface area contributed by atoms with Gasteiger partial charge in [0.25, 0.3) is 0 Å². The van der Waals surface area contributed by atoms with Crippen molar-refractivity contribution in [2.45, 2.75) is 55.6 Å². The monoisotopic (exact) mass is 430 g/mol. The zero-order chi connectivity index (χ0) is 19.8. The van der Waals surface area contributed by atoms with Gasteiger partial charge in [-0.05, 0) is 74.5 Å². The average Bonchev–Trinajstić information content (AvgIpc) is 3.29. The molecule has 1 aromatic carbocycles. The van der Waals surface area contributed by atoms with E-state index in [2.05, 4.69) is 52.7 Å². The van der Waals surface area contributed by atoms with Gasteiger partial charge < -0.3 is 9.80 Å². The fraction of sp³-hybridized carbons (Fsp3) is 0.708. The maximum atomic E-state index is 13.2. The summed E-state index contributed by atoms with van der Waals surface area (Å²) in [4.78, 5) is 17.7. The van der Waals surface area contributed by atoms with Crippen LogP contribution in [0.2, 0.25) is 0 Å². The summed E-state index contributed by atoms with van der Waals surface area (Å²) in [6.07, 6.45) is 8.90. The molecule has 2 saturated heterocycles. The molecule has 2 bridgehead atoms. The first-order chi connectivity index (χ1) is 14.2. The summed E-state index contributed by atoms with van der Waals surface area (Å²) in [7, 11) is 2.01. The number of amides is 1. The molecule has 3 nitrogen and oxygen atoms in total. The van der Waals surface area contributed by atoms with Gasteiger partial charge in [0.2, 0.25) is 5.91 Å². The molecule has 1 spiro atoms.